The molecule has 0 aromatic heterocycles. The molecule has 0 aliphatic heterocycles. The minimum Gasteiger partial charge on any atom is -0.360 e. The first-order valence-corrected chi connectivity index (χ1v) is 6.62. The zero-order chi connectivity index (χ0) is 13.2. The van der Waals surface area contributed by atoms with Gasteiger partial charge in [0.05, 0.1) is 5.49 Å². The molecule has 1 N–H and O–H groups in total. The molecule has 0 bridgehead atoms. The van der Waals surface area contributed by atoms with Crippen molar-refractivity contribution in [2.75, 3.05) is 11.9 Å². The Bertz CT molecular complexity index is 451. The Morgan fingerprint density at radius 1 is 1.39 bits per heavy atom. The summed E-state index contributed by atoms with van der Waals surface area (Å²) in [6, 6.07) is 8.24. The second-order valence-electron chi connectivity index (χ2n) is 4.87. The van der Waals surface area contributed by atoms with Crippen molar-refractivity contribution in [1.29, 1.82) is 0 Å². The summed E-state index contributed by atoms with van der Waals surface area (Å²) in [6.45, 7) is 2.06. The largest absolute Gasteiger partial charge is 0.360 e. The summed E-state index contributed by atoms with van der Waals surface area (Å²) in [7, 11) is 1.98. The zero-order valence-electron chi connectivity index (χ0n) is 10.8. The van der Waals surface area contributed by atoms with Crippen LogP contribution in [0.1, 0.15) is 24.8 Å². The number of amides is 1. The maximum absolute atomic E-state index is 12.2. The molecule has 0 heterocycles. The standard InChI is InChI=1S/C14H18N2OS/c1-11-4-6-12(7-5-11)16(2)14(8-3-9-14)13(17)15-10-18/h4-7,10H,3,8-9H2,1-2H3,(H,15,17,18). The number of aryl methyl sites for hydroxylation is 1. The van der Waals surface area contributed by atoms with Crippen LogP contribution in [0, 0.1) is 6.92 Å². The summed E-state index contributed by atoms with van der Waals surface area (Å²) < 4.78 is 0. The van der Waals surface area contributed by atoms with E-state index >= 15 is 0 Å². The number of nitrogens with one attached hydrogen (secondary N) is 1. The van der Waals surface area contributed by atoms with Crippen LogP contribution in [-0.4, -0.2) is 24.0 Å². The molecule has 2 rings (SSSR count). The van der Waals surface area contributed by atoms with Crippen molar-refractivity contribution in [3.63, 3.8) is 0 Å². The molecule has 0 atom stereocenters. The van der Waals surface area contributed by atoms with Gasteiger partial charge in [-0.25, -0.2) is 0 Å². The molecule has 0 radical (unpaired) electrons. The third-order valence-electron chi connectivity index (χ3n) is 3.86. The number of carbonyl (C=O) groups is 1. The maximum Gasteiger partial charge on any atom is 0.250 e. The zero-order valence-corrected chi connectivity index (χ0v) is 11.6. The van der Waals surface area contributed by atoms with Crippen molar-refractivity contribution in [3.05, 3.63) is 29.8 Å². The van der Waals surface area contributed by atoms with E-state index in [4.69, 9.17) is 12.2 Å². The smallest absolute Gasteiger partial charge is 0.250 e. The monoisotopic (exact) mass is 262 g/mol. The Balaban J connectivity index is 2.24. The van der Waals surface area contributed by atoms with Gasteiger partial charge in [-0.3, -0.25) is 4.79 Å². The molecule has 18 heavy (non-hydrogen) atoms. The highest BCUT2D eigenvalue weighted by Crippen LogP contribution is 2.39. The highest BCUT2D eigenvalue weighted by molar-refractivity contribution is 7.78. The lowest BCUT2D eigenvalue weighted by Crippen LogP contribution is -2.61. The number of hydrogen-bond acceptors (Lipinski definition) is 3. The van der Waals surface area contributed by atoms with Crippen LogP contribution in [-0.2, 0) is 4.79 Å². The van der Waals surface area contributed by atoms with E-state index in [0.717, 1.165) is 24.9 Å². The summed E-state index contributed by atoms with van der Waals surface area (Å²) >= 11 is 4.71. The Labute approximate surface area is 113 Å². The maximum atomic E-state index is 12.2. The van der Waals surface area contributed by atoms with Gasteiger partial charge in [-0.1, -0.05) is 29.9 Å². The molecule has 1 aliphatic rings. The molecule has 1 aliphatic carbocycles. The molecule has 96 valence electrons. The van der Waals surface area contributed by atoms with Gasteiger partial charge in [0.1, 0.15) is 5.54 Å². The summed E-state index contributed by atoms with van der Waals surface area (Å²) in [4.78, 5) is 14.3. The van der Waals surface area contributed by atoms with E-state index in [1.165, 1.54) is 11.1 Å². The van der Waals surface area contributed by atoms with Crippen molar-refractivity contribution in [2.24, 2.45) is 0 Å². The van der Waals surface area contributed by atoms with Crippen molar-refractivity contribution >= 4 is 29.3 Å². The molecule has 0 unspecified atom stereocenters. The Kier molecular flexibility index (Phi) is 3.66. The predicted octanol–water partition coefficient (Wildman–Crippen LogP) is 2.43. The highest BCUT2D eigenvalue weighted by atomic mass is 32.1. The van der Waals surface area contributed by atoms with E-state index in [-0.39, 0.29) is 5.91 Å². The Morgan fingerprint density at radius 3 is 2.44 bits per heavy atom. The fourth-order valence-corrected chi connectivity index (χ4v) is 2.54. The Hall–Kier alpha value is -1.42. The van der Waals surface area contributed by atoms with E-state index in [1.54, 1.807) is 0 Å². The van der Waals surface area contributed by atoms with Gasteiger partial charge in [-0.15, -0.1) is 0 Å². The first-order chi connectivity index (χ1) is 8.60. The first kappa shape index (κ1) is 13.0. The third-order valence-corrected chi connectivity index (χ3v) is 3.97. The van der Waals surface area contributed by atoms with Crippen LogP contribution < -0.4 is 10.2 Å². The lowest BCUT2D eigenvalue weighted by atomic mass is 9.74. The van der Waals surface area contributed by atoms with Gasteiger partial charge in [0.15, 0.2) is 0 Å². The predicted molar refractivity (Wildman–Crippen MR) is 78.0 cm³/mol. The van der Waals surface area contributed by atoms with E-state index in [0.29, 0.717) is 0 Å². The molecular weight excluding hydrogens is 244 g/mol. The second-order valence-corrected chi connectivity index (χ2v) is 5.11. The second kappa shape index (κ2) is 5.06. The van der Waals surface area contributed by atoms with Crippen LogP contribution in [0.4, 0.5) is 5.69 Å². The van der Waals surface area contributed by atoms with E-state index in [1.807, 2.05) is 7.05 Å². The van der Waals surface area contributed by atoms with Crippen LogP contribution in [0.2, 0.25) is 0 Å². The lowest BCUT2D eigenvalue weighted by molar-refractivity contribution is -0.127. The first-order valence-electron chi connectivity index (χ1n) is 6.15. The average molecular weight is 262 g/mol. The number of likely N-dealkylation sites (N-methyl/N-ethyl adjacent to an activating group) is 1. The molecule has 1 aromatic carbocycles. The van der Waals surface area contributed by atoms with Crippen molar-refractivity contribution in [2.45, 2.75) is 31.7 Å². The van der Waals surface area contributed by atoms with Crippen LogP contribution in [0.25, 0.3) is 0 Å². The number of thiocarbonyl (C=S) groups is 1. The number of rotatable bonds is 4. The van der Waals surface area contributed by atoms with Gasteiger partial charge < -0.3 is 10.2 Å². The van der Waals surface area contributed by atoms with Gasteiger partial charge in [0, 0.05) is 12.7 Å². The summed E-state index contributed by atoms with van der Waals surface area (Å²) in [5.74, 6) is 0.00632. The number of carbonyl (C=O) groups excluding carboxylic acids is 1. The lowest BCUT2D eigenvalue weighted by Gasteiger charge is -2.47. The summed E-state index contributed by atoms with van der Waals surface area (Å²) in [5, 5.41) is 2.66. The van der Waals surface area contributed by atoms with E-state index in [2.05, 4.69) is 41.4 Å². The average Bonchev–Trinajstić information content (AvgIpc) is 2.28. The van der Waals surface area contributed by atoms with Crippen LogP contribution >= 0.6 is 12.2 Å². The van der Waals surface area contributed by atoms with Gasteiger partial charge in [-0.2, -0.15) is 0 Å². The topological polar surface area (TPSA) is 32.3 Å². The number of anilines is 1. The number of hydrogen-bond donors (Lipinski definition) is 1. The van der Waals surface area contributed by atoms with Crippen molar-refractivity contribution in [1.82, 2.24) is 5.32 Å². The van der Waals surface area contributed by atoms with Crippen LogP contribution in [0.3, 0.4) is 0 Å². The van der Waals surface area contributed by atoms with Gasteiger partial charge >= 0.3 is 0 Å². The van der Waals surface area contributed by atoms with Crippen molar-refractivity contribution in [3.8, 4) is 0 Å². The minimum atomic E-state index is -0.426. The summed E-state index contributed by atoms with van der Waals surface area (Å²) in [5.41, 5.74) is 3.16. The molecule has 1 fully saturated rings. The number of nitrogens with zero attached hydrogens (tertiary/aromatic N) is 1. The normalized spacial score (nSPS) is 16.6. The molecule has 4 heteroatoms. The van der Waals surface area contributed by atoms with E-state index in [9.17, 15) is 4.79 Å². The molecule has 0 spiro atoms. The Morgan fingerprint density at radius 2 is 2.00 bits per heavy atom. The molecule has 0 saturated heterocycles. The van der Waals surface area contributed by atoms with Crippen LogP contribution in [0.5, 0.6) is 0 Å². The van der Waals surface area contributed by atoms with E-state index < -0.39 is 5.54 Å². The summed E-state index contributed by atoms with van der Waals surface area (Å²) in [6.07, 6.45) is 2.85. The van der Waals surface area contributed by atoms with Gasteiger partial charge in [0.25, 0.3) is 0 Å². The fraction of sp³-hybridized carbons (Fsp3) is 0.429. The fourth-order valence-electron chi connectivity index (χ4n) is 2.43. The highest BCUT2D eigenvalue weighted by Gasteiger charge is 2.47. The minimum absolute atomic E-state index is 0.00632. The molecule has 1 aromatic rings. The SMILES string of the molecule is Cc1ccc(N(C)C2(C(=O)NC=S)CCC2)cc1. The van der Waals surface area contributed by atoms with Gasteiger partial charge in [0.2, 0.25) is 5.91 Å². The van der Waals surface area contributed by atoms with Crippen LogP contribution in [0.15, 0.2) is 24.3 Å². The quantitative estimate of drug-likeness (QED) is 0.846. The third kappa shape index (κ3) is 2.12. The molecular formula is C14H18N2OS. The van der Waals surface area contributed by atoms with Gasteiger partial charge in [-0.05, 0) is 38.3 Å². The van der Waals surface area contributed by atoms with Crippen molar-refractivity contribution < 1.29 is 4.79 Å². The molecule has 1 saturated carbocycles. The molecule has 3 nitrogen and oxygen atoms in total. The number of benzene rings is 1. The molecule has 1 amide bonds.